The summed E-state index contributed by atoms with van der Waals surface area (Å²) in [6.45, 7) is 3.82. The molecule has 0 fully saturated rings. The predicted molar refractivity (Wildman–Crippen MR) is 78.8 cm³/mol. The molecule has 0 atom stereocenters. The summed E-state index contributed by atoms with van der Waals surface area (Å²) < 4.78 is 14.0. The fraction of sp³-hybridized carbons (Fsp3) is 0.125. The third-order valence-corrected chi connectivity index (χ3v) is 3.25. The number of fused-ring (bicyclic) bond motifs is 1. The second kappa shape index (κ2) is 4.56. The second-order valence-electron chi connectivity index (χ2n) is 4.94. The van der Waals surface area contributed by atoms with Gasteiger partial charge in [-0.15, -0.1) is 0 Å². The Bertz CT molecular complexity index is 812. The van der Waals surface area contributed by atoms with Gasteiger partial charge in [-0.05, 0) is 43.7 Å². The molecule has 0 unspecified atom stereocenters. The van der Waals surface area contributed by atoms with Crippen LogP contribution in [0, 0.1) is 19.7 Å². The van der Waals surface area contributed by atoms with Crippen molar-refractivity contribution in [2.24, 2.45) is 0 Å². The van der Waals surface area contributed by atoms with E-state index in [2.05, 4.69) is 9.97 Å². The van der Waals surface area contributed by atoms with Crippen LogP contribution in [0.15, 0.2) is 36.4 Å². The third-order valence-electron chi connectivity index (χ3n) is 3.25. The Labute approximate surface area is 116 Å². The number of aryl methyl sites for hydroxylation is 2. The van der Waals surface area contributed by atoms with Gasteiger partial charge in [0.25, 0.3) is 0 Å². The first kappa shape index (κ1) is 12.5. The lowest BCUT2D eigenvalue weighted by Gasteiger charge is -2.07. The molecule has 2 N–H and O–H groups in total. The first-order valence-electron chi connectivity index (χ1n) is 6.35. The van der Waals surface area contributed by atoms with E-state index in [1.165, 1.54) is 6.07 Å². The van der Waals surface area contributed by atoms with Crippen LogP contribution in [0.1, 0.15) is 11.1 Å². The number of rotatable bonds is 1. The largest absolute Gasteiger partial charge is 0.383 e. The molecule has 3 nitrogen and oxygen atoms in total. The molecule has 20 heavy (non-hydrogen) atoms. The first-order chi connectivity index (χ1) is 9.54. The van der Waals surface area contributed by atoms with Crippen LogP contribution in [0.3, 0.4) is 0 Å². The van der Waals surface area contributed by atoms with Gasteiger partial charge in [0.2, 0.25) is 0 Å². The van der Waals surface area contributed by atoms with Crippen LogP contribution >= 0.6 is 0 Å². The van der Waals surface area contributed by atoms with Crippen molar-refractivity contribution in [1.82, 2.24) is 9.97 Å². The Kier molecular flexibility index (Phi) is 2.86. The normalized spacial score (nSPS) is 10.9. The van der Waals surface area contributed by atoms with Crippen molar-refractivity contribution in [2.45, 2.75) is 13.8 Å². The second-order valence-corrected chi connectivity index (χ2v) is 4.94. The number of anilines is 1. The quantitative estimate of drug-likeness (QED) is 0.732. The number of benzene rings is 2. The molecule has 100 valence electrons. The third kappa shape index (κ3) is 2.09. The topological polar surface area (TPSA) is 51.8 Å². The number of aromatic nitrogens is 2. The summed E-state index contributed by atoms with van der Waals surface area (Å²) in [4.78, 5) is 8.64. The highest BCUT2D eigenvalue weighted by molar-refractivity contribution is 5.90. The van der Waals surface area contributed by atoms with Crippen LogP contribution in [0.5, 0.6) is 0 Å². The molecule has 3 aromatic rings. The van der Waals surface area contributed by atoms with Gasteiger partial charge in [-0.1, -0.05) is 17.7 Å². The number of nitrogen functional groups attached to an aromatic ring is 1. The molecule has 0 amide bonds. The Hall–Kier alpha value is -2.49. The van der Waals surface area contributed by atoms with E-state index in [1.54, 1.807) is 6.07 Å². The Balaban J connectivity index is 2.24. The monoisotopic (exact) mass is 267 g/mol. The molecule has 4 heteroatoms. The number of hydrogen-bond acceptors (Lipinski definition) is 3. The van der Waals surface area contributed by atoms with Crippen molar-refractivity contribution >= 4 is 16.7 Å². The van der Waals surface area contributed by atoms with E-state index in [-0.39, 0.29) is 5.82 Å². The maximum absolute atomic E-state index is 14.0. The summed E-state index contributed by atoms with van der Waals surface area (Å²) in [5.41, 5.74) is 9.00. The molecule has 2 aromatic carbocycles. The van der Waals surface area contributed by atoms with Crippen LogP contribution < -0.4 is 5.73 Å². The number of hydrogen-bond donors (Lipinski definition) is 1. The summed E-state index contributed by atoms with van der Waals surface area (Å²) in [6, 6.07) is 10.7. The highest BCUT2D eigenvalue weighted by Gasteiger charge is 2.11. The number of halogens is 1. The fourth-order valence-electron chi connectivity index (χ4n) is 2.19. The SMILES string of the molecule is Cc1ccc(-c2nc(N)c3cc(C)ccc3n2)c(F)c1. The van der Waals surface area contributed by atoms with E-state index in [0.29, 0.717) is 17.2 Å². The molecule has 0 bridgehead atoms. The van der Waals surface area contributed by atoms with E-state index >= 15 is 0 Å². The molecule has 0 spiro atoms. The summed E-state index contributed by atoms with van der Waals surface area (Å²) in [5.74, 6) is 0.348. The number of nitrogens with zero attached hydrogens (tertiary/aromatic N) is 2. The van der Waals surface area contributed by atoms with Crippen molar-refractivity contribution < 1.29 is 4.39 Å². The van der Waals surface area contributed by atoms with E-state index < -0.39 is 0 Å². The van der Waals surface area contributed by atoms with Gasteiger partial charge in [0.15, 0.2) is 5.82 Å². The summed E-state index contributed by atoms with van der Waals surface area (Å²) >= 11 is 0. The van der Waals surface area contributed by atoms with Crippen LogP contribution in [0.4, 0.5) is 10.2 Å². The van der Waals surface area contributed by atoms with E-state index in [1.807, 2.05) is 38.1 Å². The first-order valence-corrected chi connectivity index (χ1v) is 6.35. The van der Waals surface area contributed by atoms with Gasteiger partial charge in [0, 0.05) is 5.39 Å². The molecule has 0 saturated carbocycles. The van der Waals surface area contributed by atoms with Crippen LogP contribution in [-0.4, -0.2) is 9.97 Å². The minimum Gasteiger partial charge on any atom is -0.383 e. The minimum atomic E-state index is -0.337. The maximum atomic E-state index is 14.0. The molecule has 0 aliphatic heterocycles. The smallest absolute Gasteiger partial charge is 0.165 e. The summed E-state index contributed by atoms with van der Waals surface area (Å²) in [5, 5.41) is 0.793. The van der Waals surface area contributed by atoms with Crippen molar-refractivity contribution in [1.29, 1.82) is 0 Å². The lowest BCUT2D eigenvalue weighted by Crippen LogP contribution is -1.99. The van der Waals surface area contributed by atoms with Crippen LogP contribution in [0.25, 0.3) is 22.3 Å². The molecular weight excluding hydrogens is 253 g/mol. The van der Waals surface area contributed by atoms with Crippen molar-refractivity contribution in [2.75, 3.05) is 5.73 Å². The summed E-state index contributed by atoms with van der Waals surface area (Å²) in [7, 11) is 0. The van der Waals surface area contributed by atoms with Gasteiger partial charge >= 0.3 is 0 Å². The van der Waals surface area contributed by atoms with E-state index in [4.69, 9.17) is 5.73 Å². The van der Waals surface area contributed by atoms with Crippen LogP contribution in [0.2, 0.25) is 0 Å². The molecule has 0 saturated heterocycles. The van der Waals surface area contributed by atoms with Gasteiger partial charge in [-0.2, -0.15) is 0 Å². The Morgan fingerprint density at radius 2 is 1.65 bits per heavy atom. The number of nitrogens with two attached hydrogens (primary N) is 1. The molecule has 1 aromatic heterocycles. The molecule has 0 aliphatic carbocycles. The van der Waals surface area contributed by atoms with Crippen LogP contribution in [-0.2, 0) is 0 Å². The molecule has 0 radical (unpaired) electrons. The average molecular weight is 267 g/mol. The molecular formula is C16H14FN3. The zero-order valence-electron chi connectivity index (χ0n) is 11.3. The standard InChI is InChI=1S/C16H14FN3/c1-9-4-6-14-12(7-9)15(18)20-16(19-14)11-5-3-10(2)8-13(11)17/h3-8H,1-2H3,(H2,18,19,20). The van der Waals surface area contributed by atoms with Crippen molar-refractivity contribution in [3.05, 3.63) is 53.3 Å². The zero-order valence-corrected chi connectivity index (χ0v) is 11.3. The lowest BCUT2D eigenvalue weighted by molar-refractivity contribution is 0.629. The average Bonchev–Trinajstić information content (AvgIpc) is 2.39. The van der Waals surface area contributed by atoms with Crippen molar-refractivity contribution in [3.8, 4) is 11.4 Å². The van der Waals surface area contributed by atoms with E-state index in [9.17, 15) is 4.39 Å². The Morgan fingerprint density at radius 1 is 0.950 bits per heavy atom. The Morgan fingerprint density at radius 3 is 2.40 bits per heavy atom. The van der Waals surface area contributed by atoms with Gasteiger partial charge in [0.05, 0.1) is 11.1 Å². The highest BCUT2D eigenvalue weighted by Crippen LogP contribution is 2.26. The zero-order chi connectivity index (χ0) is 14.3. The van der Waals surface area contributed by atoms with Crippen molar-refractivity contribution in [3.63, 3.8) is 0 Å². The highest BCUT2D eigenvalue weighted by atomic mass is 19.1. The van der Waals surface area contributed by atoms with Gasteiger partial charge < -0.3 is 5.73 Å². The van der Waals surface area contributed by atoms with E-state index in [0.717, 1.165) is 22.0 Å². The fourth-order valence-corrected chi connectivity index (χ4v) is 2.19. The lowest BCUT2D eigenvalue weighted by atomic mass is 10.1. The predicted octanol–water partition coefficient (Wildman–Crippen LogP) is 3.63. The van der Waals surface area contributed by atoms with Gasteiger partial charge in [-0.25, -0.2) is 14.4 Å². The minimum absolute atomic E-state index is 0.316. The van der Waals surface area contributed by atoms with Gasteiger partial charge in [0.1, 0.15) is 11.6 Å². The molecule has 1 heterocycles. The maximum Gasteiger partial charge on any atom is 0.165 e. The molecule has 3 rings (SSSR count). The molecule has 0 aliphatic rings. The van der Waals surface area contributed by atoms with Gasteiger partial charge in [-0.3, -0.25) is 0 Å². The summed E-state index contributed by atoms with van der Waals surface area (Å²) in [6.07, 6.45) is 0.